The van der Waals surface area contributed by atoms with Crippen LogP contribution in [0.2, 0.25) is 10.0 Å². The number of methoxy groups -OCH3 is 1. The van der Waals surface area contributed by atoms with E-state index in [4.69, 9.17) is 23.2 Å². The van der Waals surface area contributed by atoms with Crippen LogP contribution in [0.5, 0.6) is 0 Å². The molecule has 104 valence electrons. The SMILES string of the molecule is COC(=O)c1ccc(NCc2c(Cl)cccc2Cl)cc1. The van der Waals surface area contributed by atoms with Gasteiger partial charge in [0.15, 0.2) is 0 Å². The zero-order chi connectivity index (χ0) is 14.5. The Morgan fingerprint density at radius 2 is 1.70 bits per heavy atom. The van der Waals surface area contributed by atoms with Gasteiger partial charge in [-0.1, -0.05) is 29.3 Å². The van der Waals surface area contributed by atoms with Gasteiger partial charge in [0.25, 0.3) is 0 Å². The van der Waals surface area contributed by atoms with Crippen molar-refractivity contribution in [3.8, 4) is 0 Å². The van der Waals surface area contributed by atoms with Crippen molar-refractivity contribution >= 4 is 34.9 Å². The highest BCUT2D eigenvalue weighted by Crippen LogP contribution is 2.25. The molecule has 2 aromatic rings. The van der Waals surface area contributed by atoms with Gasteiger partial charge in [-0.25, -0.2) is 4.79 Å². The van der Waals surface area contributed by atoms with Gasteiger partial charge in [-0.3, -0.25) is 0 Å². The molecule has 5 heteroatoms. The molecule has 0 aliphatic heterocycles. The van der Waals surface area contributed by atoms with Crippen molar-refractivity contribution in [3.05, 3.63) is 63.6 Å². The lowest BCUT2D eigenvalue weighted by Crippen LogP contribution is -2.03. The van der Waals surface area contributed by atoms with E-state index in [1.165, 1.54) is 7.11 Å². The molecule has 0 spiro atoms. The third-order valence-corrected chi connectivity index (χ3v) is 3.55. The zero-order valence-corrected chi connectivity index (χ0v) is 12.3. The van der Waals surface area contributed by atoms with E-state index in [1.807, 2.05) is 0 Å². The quantitative estimate of drug-likeness (QED) is 0.851. The fourth-order valence-corrected chi connectivity index (χ4v) is 2.26. The Balaban J connectivity index is 2.06. The molecule has 0 aromatic heterocycles. The fourth-order valence-electron chi connectivity index (χ4n) is 1.73. The second-order valence-electron chi connectivity index (χ2n) is 4.12. The number of benzene rings is 2. The lowest BCUT2D eigenvalue weighted by Gasteiger charge is -2.10. The predicted molar refractivity (Wildman–Crippen MR) is 81.6 cm³/mol. The van der Waals surface area contributed by atoms with E-state index in [-0.39, 0.29) is 5.97 Å². The lowest BCUT2D eigenvalue weighted by atomic mass is 10.2. The third kappa shape index (κ3) is 3.44. The van der Waals surface area contributed by atoms with E-state index >= 15 is 0 Å². The number of rotatable bonds is 4. The van der Waals surface area contributed by atoms with Crippen molar-refractivity contribution in [2.24, 2.45) is 0 Å². The molecule has 0 bridgehead atoms. The smallest absolute Gasteiger partial charge is 0.337 e. The first-order valence-electron chi connectivity index (χ1n) is 5.97. The van der Waals surface area contributed by atoms with Crippen molar-refractivity contribution in [3.63, 3.8) is 0 Å². The zero-order valence-electron chi connectivity index (χ0n) is 10.8. The van der Waals surface area contributed by atoms with Gasteiger partial charge in [0.2, 0.25) is 0 Å². The van der Waals surface area contributed by atoms with Crippen molar-refractivity contribution in [1.29, 1.82) is 0 Å². The molecule has 0 unspecified atom stereocenters. The summed E-state index contributed by atoms with van der Waals surface area (Å²) in [7, 11) is 1.36. The Bertz CT molecular complexity index is 592. The topological polar surface area (TPSA) is 38.3 Å². The highest BCUT2D eigenvalue weighted by atomic mass is 35.5. The van der Waals surface area contributed by atoms with Crippen molar-refractivity contribution in [2.45, 2.75) is 6.54 Å². The minimum absolute atomic E-state index is 0.356. The number of ether oxygens (including phenoxy) is 1. The lowest BCUT2D eigenvalue weighted by molar-refractivity contribution is 0.0601. The molecule has 0 saturated heterocycles. The van der Waals surface area contributed by atoms with Gasteiger partial charge in [-0.05, 0) is 36.4 Å². The second kappa shape index (κ2) is 6.64. The van der Waals surface area contributed by atoms with E-state index < -0.39 is 0 Å². The molecule has 0 fully saturated rings. The highest BCUT2D eigenvalue weighted by molar-refractivity contribution is 6.36. The monoisotopic (exact) mass is 309 g/mol. The number of hydrogen-bond donors (Lipinski definition) is 1. The van der Waals surface area contributed by atoms with Gasteiger partial charge < -0.3 is 10.1 Å². The number of nitrogens with one attached hydrogen (secondary N) is 1. The molecule has 0 aliphatic carbocycles. The summed E-state index contributed by atoms with van der Waals surface area (Å²) in [6.07, 6.45) is 0. The van der Waals surface area contributed by atoms with Gasteiger partial charge >= 0.3 is 5.97 Å². The van der Waals surface area contributed by atoms with Crippen LogP contribution in [0, 0.1) is 0 Å². The van der Waals surface area contributed by atoms with Crippen LogP contribution < -0.4 is 5.32 Å². The normalized spacial score (nSPS) is 10.2. The molecule has 0 heterocycles. The molecular weight excluding hydrogens is 297 g/mol. The maximum absolute atomic E-state index is 11.3. The maximum atomic E-state index is 11.3. The number of anilines is 1. The van der Waals surface area contributed by atoms with Gasteiger partial charge in [0, 0.05) is 27.8 Å². The minimum Gasteiger partial charge on any atom is -0.465 e. The Morgan fingerprint density at radius 1 is 1.10 bits per heavy atom. The number of carbonyl (C=O) groups is 1. The molecule has 0 amide bonds. The molecule has 0 saturated carbocycles. The van der Waals surface area contributed by atoms with E-state index in [0.29, 0.717) is 22.2 Å². The first-order chi connectivity index (χ1) is 9.61. The summed E-state index contributed by atoms with van der Waals surface area (Å²) in [4.78, 5) is 11.3. The van der Waals surface area contributed by atoms with Crippen LogP contribution in [-0.2, 0) is 11.3 Å². The first kappa shape index (κ1) is 14.7. The molecule has 0 aliphatic rings. The molecular formula is C15H13Cl2NO2. The van der Waals surface area contributed by atoms with Gasteiger partial charge in [-0.15, -0.1) is 0 Å². The van der Waals surface area contributed by atoms with Crippen LogP contribution in [0.3, 0.4) is 0 Å². The van der Waals surface area contributed by atoms with E-state index in [1.54, 1.807) is 42.5 Å². The van der Waals surface area contributed by atoms with E-state index in [0.717, 1.165) is 11.3 Å². The Morgan fingerprint density at radius 3 is 2.25 bits per heavy atom. The van der Waals surface area contributed by atoms with Gasteiger partial charge in [0.05, 0.1) is 12.7 Å². The minimum atomic E-state index is -0.356. The molecule has 2 aromatic carbocycles. The highest BCUT2D eigenvalue weighted by Gasteiger charge is 2.06. The number of halogens is 2. The largest absolute Gasteiger partial charge is 0.465 e. The van der Waals surface area contributed by atoms with Crippen molar-refractivity contribution in [2.75, 3.05) is 12.4 Å². The van der Waals surface area contributed by atoms with E-state index in [2.05, 4.69) is 10.1 Å². The Kier molecular flexibility index (Phi) is 4.88. The third-order valence-electron chi connectivity index (χ3n) is 2.84. The summed E-state index contributed by atoms with van der Waals surface area (Å²) < 4.78 is 4.64. The van der Waals surface area contributed by atoms with Crippen LogP contribution in [0.25, 0.3) is 0 Å². The molecule has 2 rings (SSSR count). The standard InChI is InChI=1S/C15H13Cl2NO2/c1-20-15(19)10-5-7-11(8-6-10)18-9-12-13(16)3-2-4-14(12)17/h2-8,18H,9H2,1H3. The molecule has 3 nitrogen and oxygen atoms in total. The van der Waals surface area contributed by atoms with Crippen LogP contribution >= 0.6 is 23.2 Å². The van der Waals surface area contributed by atoms with Crippen LogP contribution in [-0.4, -0.2) is 13.1 Å². The predicted octanol–water partition coefficient (Wildman–Crippen LogP) is 4.39. The molecule has 0 atom stereocenters. The summed E-state index contributed by atoms with van der Waals surface area (Å²) in [6.45, 7) is 0.510. The van der Waals surface area contributed by atoms with Gasteiger partial charge in [-0.2, -0.15) is 0 Å². The van der Waals surface area contributed by atoms with Crippen LogP contribution in [0.4, 0.5) is 5.69 Å². The van der Waals surface area contributed by atoms with Crippen LogP contribution in [0.15, 0.2) is 42.5 Å². The first-order valence-corrected chi connectivity index (χ1v) is 6.72. The molecule has 0 radical (unpaired) electrons. The molecule has 1 N–H and O–H groups in total. The van der Waals surface area contributed by atoms with E-state index in [9.17, 15) is 4.79 Å². The maximum Gasteiger partial charge on any atom is 0.337 e. The summed E-state index contributed by atoms with van der Waals surface area (Å²) in [5.74, 6) is -0.356. The van der Waals surface area contributed by atoms with Crippen molar-refractivity contribution in [1.82, 2.24) is 0 Å². The summed E-state index contributed by atoms with van der Waals surface area (Å²) in [5, 5.41) is 4.45. The van der Waals surface area contributed by atoms with Crippen LogP contribution in [0.1, 0.15) is 15.9 Å². The number of hydrogen-bond acceptors (Lipinski definition) is 3. The Hall–Kier alpha value is -1.71. The number of esters is 1. The summed E-state index contributed by atoms with van der Waals surface area (Å²) in [5.41, 5.74) is 2.22. The average Bonchev–Trinajstić information content (AvgIpc) is 2.46. The second-order valence-corrected chi connectivity index (χ2v) is 4.94. The van der Waals surface area contributed by atoms with Gasteiger partial charge in [0.1, 0.15) is 0 Å². The number of carbonyl (C=O) groups excluding carboxylic acids is 1. The average molecular weight is 310 g/mol. The molecule has 20 heavy (non-hydrogen) atoms. The summed E-state index contributed by atoms with van der Waals surface area (Å²) >= 11 is 12.2. The summed E-state index contributed by atoms with van der Waals surface area (Å²) in [6, 6.07) is 12.4. The van der Waals surface area contributed by atoms with Crippen molar-refractivity contribution < 1.29 is 9.53 Å². The Labute approximate surface area is 127 Å². The fraction of sp³-hybridized carbons (Fsp3) is 0.133.